The maximum Gasteiger partial charge on any atom is 0.418 e. The second-order valence-corrected chi connectivity index (χ2v) is 11.9. The lowest BCUT2D eigenvalue weighted by atomic mass is 9.58. The summed E-state index contributed by atoms with van der Waals surface area (Å²) in [4.78, 5) is 15.3. The third kappa shape index (κ3) is 4.65. The van der Waals surface area contributed by atoms with Crippen LogP contribution in [0.1, 0.15) is 55.6 Å². The minimum atomic E-state index is -4.72. The molecule has 218 valence electrons. The van der Waals surface area contributed by atoms with Crippen LogP contribution in [0.3, 0.4) is 0 Å². The first-order valence-electron chi connectivity index (χ1n) is 13.7. The topological polar surface area (TPSA) is 60.4 Å². The Morgan fingerprint density at radius 3 is 2.49 bits per heavy atom. The molecule has 0 radical (unpaired) electrons. The molecule has 1 aliphatic heterocycles. The third-order valence-corrected chi connectivity index (χ3v) is 8.76. The van der Waals surface area contributed by atoms with E-state index in [-0.39, 0.29) is 37.1 Å². The highest BCUT2D eigenvalue weighted by atomic mass is 19.4. The van der Waals surface area contributed by atoms with Crippen LogP contribution in [-0.4, -0.2) is 47.6 Å². The number of hydrogen-bond acceptors (Lipinski definition) is 4. The Morgan fingerprint density at radius 1 is 1.10 bits per heavy atom. The van der Waals surface area contributed by atoms with E-state index in [4.69, 9.17) is 0 Å². The molecule has 4 aromatic rings. The van der Waals surface area contributed by atoms with Gasteiger partial charge in [0.2, 0.25) is 0 Å². The molecule has 41 heavy (non-hydrogen) atoms. The number of aromatic nitrogens is 5. The van der Waals surface area contributed by atoms with Gasteiger partial charge in [0.25, 0.3) is 5.92 Å². The van der Waals surface area contributed by atoms with E-state index in [2.05, 4.69) is 17.1 Å². The number of imidazole rings is 1. The van der Waals surface area contributed by atoms with Gasteiger partial charge < -0.3 is 4.57 Å². The fourth-order valence-corrected chi connectivity index (χ4v) is 6.66. The van der Waals surface area contributed by atoms with E-state index < -0.39 is 34.7 Å². The summed E-state index contributed by atoms with van der Waals surface area (Å²) in [5, 5.41) is 8.40. The molecule has 12 heteroatoms. The van der Waals surface area contributed by atoms with Crippen molar-refractivity contribution in [1.82, 2.24) is 28.6 Å². The first kappa shape index (κ1) is 27.6. The Labute approximate surface area is 233 Å². The van der Waals surface area contributed by atoms with E-state index in [9.17, 15) is 26.7 Å². The summed E-state index contributed by atoms with van der Waals surface area (Å²) in [5.74, 6) is -2.46. The Bertz CT molecular complexity index is 1660. The lowest BCUT2D eigenvalue weighted by Gasteiger charge is -2.46. The average Bonchev–Trinajstić information content (AvgIpc) is 3.46. The molecule has 1 saturated carbocycles. The quantitative estimate of drug-likeness (QED) is 0.299. The SMILES string of the molecule is CC1CC(c2cccc(-n3cc4c(C(F)(F)F)cc(CN5CCC(F)(F)[C@H](C)C5)cn4c3=O)c2)(c2nncn2C)C1. The van der Waals surface area contributed by atoms with Crippen molar-refractivity contribution in [3.63, 3.8) is 0 Å². The molecule has 1 aliphatic carbocycles. The smallest absolute Gasteiger partial charge is 0.320 e. The lowest BCUT2D eigenvalue weighted by molar-refractivity contribution is -0.136. The summed E-state index contributed by atoms with van der Waals surface area (Å²) in [6.45, 7) is 3.74. The van der Waals surface area contributed by atoms with Gasteiger partial charge in [0.1, 0.15) is 12.2 Å². The van der Waals surface area contributed by atoms with Crippen LogP contribution < -0.4 is 5.69 Å². The fraction of sp³-hybridized carbons (Fsp3) is 0.483. The molecule has 4 heterocycles. The number of halogens is 5. The zero-order chi connectivity index (χ0) is 29.3. The summed E-state index contributed by atoms with van der Waals surface area (Å²) in [5.41, 5.74) is -0.663. The predicted molar refractivity (Wildman–Crippen MR) is 142 cm³/mol. The molecule has 1 saturated heterocycles. The van der Waals surface area contributed by atoms with E-state index in [1.165, 1.54) is 23.9 Å². The number of alkyl halides is 5. The monoisotopic (exact) mass is 574 g/mol. The highest BCUT2D eigenvalue weighted by Crippen LogP contribution is 2.51. The van der Waals surface area contributed by atoms with Crippen LogP contribution in [0, 0.1) is 11.8 Å². The minimum Gasteiger partial charge on any atom is -0.320 e. The number of benzene rings is 1. The number of pyridine rings is 1. The summed E-state index contributed by atoms with van der Waals surface area (Å²) >= 11 is 0. The maximum absolute atomic E-state index is 14.2. The van der Waals surface area contributed by atoms with Gasteiger partial charge in [-0.3, -0.25) is 13.9 Å². The van der Waals surface area contributed by atoms with Crippen LogP contribution in [-0.2, 0) is 25.2 Å². The van der Waals surface area contributed by atoms with Gasteiger partial charge in [-0.25, -0.2) is 13.6 Å². The fourth-order valence-electron chi connectivity index (χ4n) is 6.66. The molecule has 0 bridgehead atoms. The van der Waals surface area contributed by atoms with Gasteiger partial charge in [0, 0.05) is 51.4 Å². The van der Waals surface area contributed by atoms with E-state index >= 15 is 0 Å². The van der Waals surface area contributed by atoms with Gasteiger partial charge in [0.15, 0.2) is 0 Å². The molecule has 3 aromatic heterocycles. The number of likely N-dealkylation sites (tertiary alicyclic amines) is 1. The summed E-state index contributed by atoms with van der Waals surface area (Å²) < 4.78 is 74.8. The number of aryl methyl sites for hydroxylation is 1. The van der Waals surface area contributed by atoms with Crippen LogP contribution in [0.25, 0.3) is 11.2 Å². The Balaban J connectivity index is 1.41. The van der Waals surface area contributed by atoms with Crippen molar-refractivity contribution in [3.05, 3.63) is 82.1 Å². The van der Waals surface area contributed by atoms with Crippen LogP contribution in [0.15, 0.2) is 53.8 Å². The first-order chi connectivity index (χ1) is 19.3. The molecule has 7 nitrogen and oxygen atoms in total. The zero-order valence-corrected chi connectivity index (χ0v) is 23.0. The number of fused-ring (bicyclic) bond motifs is 1. The second kappa shape index (κ2) is 9.50. The molecule has 0 N–H and O–H groups in total. The largest absolute Gasteiger partial charge is 0.418 e. The summed E-state index contributed by atoms with van der Waals surface area (Å²) in [6.07, 6.45) is 0.832. The Hall–Kier alpha value is -3.54. The molecule has 2 fully saturated rings. The molecule has 0 spiro atoms. The first-order valence-corrected chi connectivity index (χ1v) is 13.7. The number of piperidine rings is 1. The van der Waals surface area contributed by atoms with Crippen molar-refractivity contribution < 1.29 is 22.0 Å². The van der Waals surface area contributed by atoms with Crippen LogP contribution in [0.2, 0.25) is 0 Å². The summed E-state index contributed by atoms with van der Waals surface area (Å²) in [7, 11) is 1.88. The molecule has 6 rings (SSSR count). The Kier molecular flexibility index (Phi) is 6.40. The highest BCUT2D eigenvalue weighted by Gasteiger charge is 2.48. The van der Waals surface area contributed by atoms with Crippen molar-refractivity contribution in [2.45, 2.75) is 57.2 Å². The van der Waals surface area contributed by atoms with E-state index in [0.29, 0.717) is 11.6 Å². The Morgan fingerprint density at radius 2 is 1.85 bits per heavy atom. The minimum absolute atomic E-state index is 0.0327. The van der Waals surface area contributed by atoms with Gasteiger partial charge in [0.05, 0.1) is 22.2 Å². The van der Waals surface area contributed by atoms with Gasteiger partial charge in [-0.15, -0.1) is 10.2 Å². The standard InChI is InChI=1S/C29H31F5N6O/c1-18-11-27(12-18,25-36-35-17-37(25)3)21-5-4-6-22(10-21)39-16-24-23(29(32,33)34)9-20(15-40(24)26(39)41)14-38-8-7-28(30,31)19(2)13-38/h4-6,9-10,15-19H,7-8,11-14H2,1-3H3/t18?,19-,27?/m1/s1. The average molecular weight is 575 g/mol. The van der Waals surface area contributed by atoms with Crippen molar-refractivity contribution in [2.24, 2.45) is 18.9 Å². The molecule has 0 amide bonds. The van der Waals surface area contributed by atoms with Crippen molar-refractivity contribution >= 4 is 5.52 Å². The second-order valence-electron chi connectivity index (χ2n) is 11.9. The van der Waals surface area contributed by atoms with E-state index in [1.807, 2.05) is 23.7 Å². The number of nitrogens with zero attached hydrogens (tertiary/aromatic N) is 6. The van der Waals surface area contributed by atoms with E-state index in [0.717, 1.165) is 34.7 Å². The van der Waals surface area contributed by atoms with Gasteiger partial charge in [-0.1, -0.05) is 26.0 Å². The molecular weight excluding hydrogens is 543 g/mol. The van der Waals surface area contributed by atoms with Crippen LogP contribution in [0.4, 0.5) is 22.0 Å². The molecule has 1 aromatic carbocycles. The molecule has 0 unspecified atom stereocenters. The van der Waals surface area contributed by atoms with Gasteiger partial charge >= 0.3 is 11.9 Å². The van der Waals surface area contributed by atoms with Gasteiger partial charge in [-0.2, -0.15) is 13.2 Å². The number of hydrogen-bond donors (Lipinski definition) is 0. The zero-order valence-electron chi connectivity index (χ0n) is 23.0. The normalized spacial score (nSPS) is 25.0. The molecule has 2 aliphatic rings. The van der Waals surface area contributed by atoms with Crippen molar-refractivity contribution in [2.75, 3.05) is 13.1 Å². The van der Waals surface area contributed by atoms with Gasteiger partial charge in [-0.05, 0) is 48.1 Å². The maximum atomic E-state index is 14.2. The summed E-state index contributed by atoms with van der Waals surface area (Å²) in [6, 6.07) is 8.30. The molecular formula is C29H31F5N6O. The number of rotatable bonds is 5. The van der Waals surface area contributed by atoms with Crippen LogP contribution in [0.5, 0.6) is 0 Å². The molecule has 1 atom stereocenters. The third-order valence-electron chi connectivity index (χ3n) is 8.76. The van der Waals surface area contributed by atoms with E-state index in [1.54, 1.807) is 23.4 Å². The predicted octanol–water partition coefficient (Wildman–Crippen LogP) is 5.43. The van der Waals surface area contributed by atoms with Crippen molar-refractivity contribution in [3.8, 4) is 5.69 Å². The lowest BCUT2D eigenvalue weighted by Crippen LogP contribution is -2.45. The van der Waals surface area contributed by atoms with Crippen LogP contribution >= 0.6 is 0 Å². The van der Waals surface area contributed by atoms with Crippen molar-refractivity contribution in [1.29, 1.82) is 0 Å². The highest BCUT2D eigenvalue weighted by molar-refractivity contribution is 5.58.